The summed E-state index contributed by atoms with van der Waals surface area (Å²) in [5.74, 6) is 0.452. The van der Waals surface area contributed by atoms with E-state index in [1.807, 2.05) is 24.4 Å². The molecule has 108 valence electrons. The third kappa shape index (κ3) is 3.26. The number of nitrogens with one attached hydrogen (secondary N) is 1. The maximum Gasteiger partial charge on any atom is 0.264 e. The lowest BCUT2D eigenvalue weighted by Gasteiger charge is -2.22. The summed E-state index contributed by atoms with van der Waals surface area (Å²) in [7, 11) is 0. The van der Waals surface area contributed by atoms with Gasteiger partial charge in [0.2, 0.25) is 0 Å². The zero-order chi connectivity index (χ0) is 14.5. The predicted octanol–water partition coefficient (Wildman–Crippen LogP) is 2.29. The summed E-state index contributed by atoms with van der Waals surface area (Å²) in [5, 5.41) is 3.60. The molecule has 0 atom stereocenters. The molecule has 1 aliphatic rings. The smallest absolute Gasteiger partial charge is 0.264 e. The Balaban J connectivity index is 2.23. The minimum absolute atomic E-state index is 0.0275. The fraction of sp³-hybridized carbons (Fsp3) is 0.429. The molecule has 0 saturated heterocycles. The first-order valence-electron chi connectivity index (χ1n) is 6.82. The van der Waals surface area contributed by atoms with Crippen LogP contribution in [0.2, 0.25) is 0 Å². The van der Waals surface area contributed by atoms with Crippen molar-refractivity contribution in [2.24, 2.45) is 10.7 Å². The highest BCUT2D eigenvalue weighted by Crippen LogP contribution is 2.31. The molecule has 20 heavy (non-hydrogen) atoms. The van der Waals surface area contributed by atoms with E-state index < -0.39 is 0 Å². The molecule has 0 fully saturated rings. The van der Waals surface area contributed by atoms with Crippen molar-refractivity contribution in [2.75, 3.05) is 13.1 Å². The van der Waals surface area contributed by atoms with E-state index in [4.69, 9.17) is 5.73 Å². The Bertz CT molecular complexity index is 547. The normalized spacial score (nSPS) is 14.1. The number of thiophene rings is 1. The number of rotatable bonds is 5. The Kier molecular flexibility index (Phi) is 4.92. The number of nitrogens with zero attached hydrogens (tertiary/aromatic N) is 2. The lowest BCUT2D eigenvalue weighted by atomic mass is 10.1. The minimum Gasteiger partial charge on any atom is -0.387 e. The van der Waals surface area contributed by atoms with Gasteiger partial charge in [-0.3, -0.25) is 9.80 Å². The van der Waals surface area contributed by atoms with E-state index in [0.717, 1.165) is 23.5 Å². The van der Waals surface area contributed by atoms with Gasteiger partial charge in [-0.15, -0.1) is 11.3 Å². The second-order valence-electron chi connectivity index (χ2n) is 4.58. The van der Waals surface area contributed by atoms with Crippen LogP contribution < -0.4 is 11.2 Å². The van der Waals surface area contributed by atoms with Crippen molar-refractivity contribution in [3.63, 3.8) is 0 Å². The van der Waals surface area contributed by atoms with Gasteiger partial charge in [0.15, 0.2) is 0 Å². The Morgan fingerprint density at radius 1 is 1.55 bits per heavy atom. The lowest BCUT2D eigenvalue weighted by molar-refractivity contribution is -0.129. The van der Waals surface area contributed by atoms with Gasteiger partial charge in [0.1, 0.15) is 5.84 Å². The maximum atomic E-state index is 12.6. The van der Waals surface area contributed by atoms with E-state index in [1.165, 1.54) is 0 Å². The molecule has 1 aliphatic heterocycles. The van der Waals surface area contributed by atoms with Gasteiger partial charge >= 0.3 is 0 Å². The maximum absolute atomic E-state index is 12.6. The number of hydrogen-bond donors (Lipinski definition) is 2. The number of aliphatic imine (C=N–C) groups is 1. The molecular formula is C14H20N4OS. The molecule has 2 heterocycles. The lowest BCUT2D eigenvalue weighted by Crippen LogP contribution is -2.44. The number of hydrazine groups is 1. The first kappa shape index (κ1) is 14.7. The zero-order valence-corrected chi connectivity index (χ0v) is 12.7. The molecule has 3 N–H and O–H groups in total. The highest BCUT2D eigenvalue weighted by atomic mass is 32.1. The Labute approximate surface area is 123 Å². The van der Waals surface area contributed by atoms with Crippen LogP contribution in [0.5, 0.6) is 0 Å². The van der Waals surface area contributed by atoms with Gasteiger partial charge in [-0.1, -0.05) is 6.92 Å². The van der Waals surface area contributed by atoms with Gasteiger partial charge in [-0.25, -0.2) is 10.4 Å². The van der Waals surface area contributed by atoms with Crippen LogP contribution in [0.25, 0.3) is 6.08 Å². The molecule has 0 aliphatic carbocycles. The molecule has 0 spiro atoms. The third-order valence-corrected chi connectivity index (χ3v) is 3.86. The van der Waals surface area contributed by atoms with Crippen LogP contribution >= 0.6 is 11.3 Å². The quantitative estimate of drug-likeness (QED) is 0.818. The van der Waals surface area contributed by atoms with Crippen molar-refractivity contribution < 1.29 is 4.79 Å². The monoisotopic (exact) mass is 292 g/mol. The van der Waals surface area contributed by atoms with Crippen LogP contribution in [0, 0.1) is 0 Å². The first-order chi connectivity index (χ1) is 9.65. The Morgan fingerprint density at radius 2 is 2.35 bits per heavy atom. The summed E-state index contributed by atoms with van der Waals surface area (Å²) in [6.45, 7) is 5.41. The molecule has 6 heteroatoms. The number of amidine groups is 1. The minimum atomic E-state index is -0.0275. The van der Waals surface area contributed by atoms with E-state index in [9.17, 15) is 4.79 Å². The first-order valence-corrected chi connectivity index (χ1v) is 7.70. The van der Waals surface area contributed by atoms with Gasteiger partial charge in [-0.05, 0) is 30.9 Å². The van der Waals surface area contributed by atoms with Gasteiger partial charge < -0.3 is 5.73 Å². The summed E-state index contributed by atoms with van der Waals surface area (Å²) in [6.07, 6.45) is 3.27. The number of carbonyl (C=O) groups is 1. The van der Waals surface area contributed by atoms with E-state index in [-0.39, 0.29) is 5.91 Å². The second-order valence-corrected chi connectivity index (χ2v) is 5.52. The van der Waals surface area contributed by atoms with Crippen LogP contribution in [-0.2, 0) is 4.79 Å². The molecule has 0 bridgehead atoms. The van der Waals surface area contributed by atoms with Crippen molar-refractivity contribution in [1.82, 2.24) is 10.4 Å². The number of fused-ring (bicyclic) bond motifs is 1. The number of nitrogens with two attached hydrogens (primary N) is 1. The highest BCUT2D eigenvalue weighted by molar-refractivity contribution is 7.11. The summed E-state index contributed by atoms with van der Waals surface area (Å²) in [4.78, 5) is 17.9. The number of likely N-dealkylation sites (N-methyl/N-ethyl adjacent to an activating group) is 1. The number of hydrogen-bond acceptors (Lipinski definition) is 5. The molecular weight excluding hydrogens is 272 g/mol. The number of carbonyl (C=O) groups excluding carboxylic acids is 1. The fourth-order valence-electron chi connectivity index (χ4n) is 2.00. The SMILES string of the molecule is CCCNN(CC)C(=O)C1=Cc2sccc2N=C(N)C1. The van der Waals surface area contributed by atoms with E-state index >= 15 is 0 Å². The summed E-state index contributed by atoms with van der Waals surface area (Å²) < 4.78 is 0. The van der Waals surface area contributed by atoms with Gasteiger partial charge in [0, 0.05) is 25.1 Å². The summed E-state index contributed by atoms with van der Waals surface area (Å²) in [6, 6.07) is 1.92. The van der Waals surface area contributed by atoms with Crippen molar-refractivity contribution in [3.05, 3.63) is 21.9 Å². The average Bonchev–Trinajstić information content (AvgIpc) is 2.79. The van der Waals surface area contributed by atoms with E-state index in [1.54, 1.807) is 16.3 Å². The van der Waals surface area contributed by atoms with Crippen LogP contribution in [-0.4, -0.2) is 29.8 Å². The van der Waals surface area contributed by atoms with Crippen LogP contribution in [0.1, 0.15) is 31.6 Å². The van der Waals surface area contributed by atoms with Crippen molar-refractivity contribution >= 4 is 34.8 Å². The standard InChI is InChI=1S/C14H20N4OS/c1-3-6-16-18(4-2)14(19)10-8-12-11(5-7-20-12)17-13(15)9-10/h5,7-8,16H,3-4,6,9H2,1-2H3,(H2,15,17). The van der Waals surface area contributed by atoms with Crippen molar-refractivity contribution in [3.8, 4) is 0 Å². The Hall–Kier alpha value is -1.66. The predicted molar refractivity (Wildman–Crippen MR) is 83.9 cm³/mol. The van der Waals surface area contributed by atoms with E-state index in [2.05, 4.69) is 17.3 Å². The molecule has 1 amide bonds. The van der Waals surface area contributed by atoms with Gasteiger partial charge in [0.25, 0.3) is 5.91 Å². The third-order valence-electron chi connectivity index (χ3n) is 3.00. The molecule has 5 nitrogen and oxygen atoms in total. The molecule has 0 saturated carbocycles. The van der Waals surface area contributed by atoms with Crippen molar-refractivity contribution in [1.29, 1.82) is 0 Å². The van der Waals surface area contributed by atoms with Crippen molar-refractivity contribution in [2.45, 2.75) is 26.7 Å². The number of amides is 1. The van der Waals surface area contributed by atoms with Crippen LogP contribution in [0.15, 0.2) is 22.0 Å². The zero-order valence-electron chi connectivity index (χ0n) is 11.8. The molecule has 2 rings (SSSR count). The molecule has 0 radical (unpaired) electrons. The molecule has 1 aromatic rings. The summed E-state index contributed by atoms with van der Waals surface area (Å²) in [5.41, 5.74) is 10.6. The van der Waals surface area contributed by atoms with Crippen LogP contribution in [0.4, 0.5) is 5.69 Å². The fourth-order valence-corrected chi connectivity index (χ4v) is 2.79. The van der Waals surface area contributed by atoms with Gasteiger partial charge in [-0.2, -0.15) is 0 Å². The highest BCUT2D eigenvalue weighted by Gasteiger charge is 2.20. The Morgan fingerprint density at radius 3 is 3.05 bits per heavy atom. The molecule has 0 unspecified atom stereocenters. The summed E-state index contributed by atoms with van der Waals surface area (Å²) >= 11 is 1.57. The van der Waals surface area contributed by atoms with Crippen LogP contribution in [0.3, 0.4) is 0 Å². The topological polar surface area (TPSA) is 70.7 Å². The van der Waals surface area contributed by atoms with Gasteiger partial charge in [0.05, 0.1) is 10.6 Å². The second kappa shape index (κ2) is 6.67. The molecule has 1 aromatic heterocycles. The largest absolute Gasteiger partial charge is 0.387 e. The molecule has 0 aromatic carbocycles. The van der Waals surface area contributed by atoms with E-state index in [0.29, 0.717) is 24.4 Å². The average molecular weight is 292 g/mol.